The Bertz CT molecular complexity index is 2740. The number of hydrogen-bond donors (Lipinski definition) is 0. The van der Waals surface area contributed by atoms with Gasteiger partial charge in [0.15, 0.2) is 0 Å². The molecule has 1 nitrogen and oxygen atoms in total. The Kier molecular flexibility index (Phi) is 6.61. The van der Waals surface area contributed by atoms with Gasteiger partial charge in [-0.25, -0.2) is 0 Å². The smallest absolute Gasteiger partial charge is 0.0540 e. The first kappa shape index (κ1) is 28.3. The summed E-state index contributed by atoms with van der Waals surface area (Å²) in [6.07, 6.45) is 0. The number of nitrogens with zero attached hydrogens (tertiary/aromatic N) is 1. The maximum Gasteiger partial charge on any atom is 0.0540 e. The van der Waals surface area contributed by atoms with E-state index >= 15 is 0 Å². The van der Waals surface area contributed by atoms with Gasteiger partial charge in [0.2, 0.25) is 0 Å². The van der Waals surface area contributed by atoms with Crippen LogP contribution in [0.2, 0.25) is 0 Å². The van der Waals surface area contributed by atoms with E-state index in [-0.39, 0.29) is 0 Å². The summed E-state index contributed by atoms with van der Waals surface area (Å²) >= 11 is 3.72. The van der Waals surface area contributed by atoms with Gasteiger partial charge in [-0.2, -0.15) is 0 Å². The highest BCUT2D eigenvalue weighted by Gasteiger charge is 2.20. The fourth-order valence-corrected chi connectivity index (χ4v) is 9.55. The van der Waals surface area contributed by atoms with E-state index < -0.39 is 0 Å². The summed E-state index contributed by atoms with van der Waals surface area (Å²) < 4.78 is 5.25. The van der Waals surface area contributed by atoms with Crippen LogP contribution < -0.4 is 4.90 Å². The molecule has 0 amide bonds. The number of benzene rings is 8. The van der Waals surface area contributed by atoms with Crippen molar-refractivity contribution in [2.75, 3.05) is 4.90 Å². The lowest BCUT2D eigenvalue weighted by Crippen LogP contribution is -2.11. The molecule has 10 rings (SSSR count). The van der Waals surface area contributed by atoms with E-state index in [1.54, 1.807) is 0 Å². The highest BCUT2D eigenvalue weighted by atomic mass is 32.1. The molecule has 0 spiro atoms. The van der Waals surface area contributed by atoms with Gasteiger partial charge >= 0.3 is 0 Å². The predicted octanol–water partition coefficient (Wildman–Crippen LogP) is 14.4. The monoisotopic (exact) mass is 659 g/mol. The number of thiophene rings is 2. The first-order chi connectivity index (χ1) is 24.3. The normalized spacial score (nSPS) is 11.7. The second-order valence-electron chi connectivity index (χ2n) is 12.5. The lowest BCUT2D eigenvalue weighted by Gasteiger charge is -2.28. The lowest BCUT2D eigenvalue weighted by molar-refractivity contribution is 1.30. The number of rotatable bonds is 5. The van der Waals surface area contributed by atoms with Gasteiger partial charge < -0.3 is 4.90 Å². The minimum Gasteiger partial charge on any atom is -0.310 e. The Morgan fingerprint density at radius 1 is 0.327 bits per heavy atom. The average Bonchev–Trinajstić information content (AvgIpc) is 3.73. The number of anilines is 3. The molecule has 10 aromatic rings. The Hall–Kier alpha value is -5.74. The molecule has 230 valence electrons. The summed E-state index contributed by atoms with van der Waals surface area (Å²) in [6.45, 7) is 0. The zero-order valence-corrected chi connectivity index (χ0v) is 28.1. The fraction of sp³-hybridized carbons (Fsp3) is 0. The van der Waals surface area contributed by atoms with Crippen molar-refractivity contribution in [1.82, 2.24) is 0 Å². The van der Waals surface area contributed by atoms with Crippen molar-refractivity contribution in [3.05, 3.63) is 176 Å². The summed E-state index contributed by atoms with van der Waals surface area (Å²) in [4.78, 5) is 2.46. The molecule has 3 heteroatoms. The SMILES string of the molecule is c1cc(-c2ccccc2N(c2ccc3sc4ccccc4c3c2)c2ccc3sc4ccccc4c3c2)cc(-c2cccc3ccccc23)c1. The van der Waals surface area contributed by atoms with Crippen LogP contribution in [0.15, 0.2) is 176 Å². The van der Waals surface area contributed by atoms with Crippen LogP contribution in [0.4, 0.5) is 17.1 Å². The zero-order valence-electron chi connectivity index (χ0n) is 26.5. The minimum absolute atomic E-state index is 1.15. The maximum atomic E-state index is 2.46. The molecule has 0 saturated carbocycles. The van der Waals surface area contributed by atoms with Crippen LogP contribution in [0.5, 0.6) is 0 Å². The molecule has 0 unspecified atom stereocenters. The summed E-state index contributed by atoms with van der Waals surface area (Å²) in [7, 11) is 0. The first-order valence-electron chi connectivity index (χ1n) is 16.6. The Morgan fingerprint density at radius 3 is 1.51 bits per heavy atom. The molecule has 0 aliphatic carbocycles. The van der Waals surface area contributed by atoms with Crippen LogP contribution in [0.25, 0.3) is 73.4 Å². The van der Waals surface area contributed by atoms with Crippen molar-refractivity contribution in [3.63, 3.8) is 0 Å². The van der Waals surface area contributed by atoms with E-state index in [4.69, 9.17) is 0 Å². The van der Waals surface area contributed by atoms with Crippen molar-refractivity contribution in [2.45, 2.75) is 0 Å². The van der Waals surface area contributed by atoms with Gasteiger partial charge in [-0.15, -0.1) is 22.7 Å². The quantitative estimate of drug-likeness (QED) is 0.178. The van der Waals surface area contributed by atoms with Crippen LogP contribution in [0.3, 0.4) is 0 Å². The number of hydrogen-bond acceptors (Lipinski definition) is 3. The second kappa shape index (κ2) is 11.5. The number of para-hydroxylation sites is 1. The highest BCUT2D eigenvalue weighted by molar-refractivity contribution is 7.26. The van der Waals surface area contributed by atoms with E-state index in [1.165, 1.54) is 73.4 Å². The molecule has 0 saturated heterocycles. The molecule has 0 atom stereocenters. The third kappa shape index (κ3) is 4.74. The summed E-state index contributed by atoms with van der Waals surface area (Å²) in [6, 6.07) is 64.6. The van der Waals surface area contributed by atoms with E-state index in [0.717, 1.165) is 17.1 Å². The zero-order chi connectivity index (χ0) is 32.3. The average molecular weight is 660 g/mol. The van der Waals surface area contributed by atoms with Crippen LogP contribution in [0, 0.1) is 0 Å². The molecule has 2 heterocycles. The van der Waals surface area contributed by atoms with Crippen LogP contribution in [0.1, 0.15) is 0 Å². The topological polar surface area (TPSA) is 3.24 Å². The third-order valence-corrected chi connectivity index (χ3v) is 12.0. The Morgan fingerprint density at radius 2 is 0.816 bits per heavy atom. The maximum absolute atomic E-state index is 2.46. The largest absolute Gasteiger partial charge is 0.310 e. The van der Waals surface area contributed by atoms with Crippen molar-refractivity contribution in [2.24, 2.45) is 0 Å². The predicted molar refractivity (Wildman–Crippen MR) is 215 cm³/mol. The van der Waals surface area contributed by atoms with Gasteiger partial charge in [0.25, 0.3) is 0 Å². The van der Waals surface area contributed by atoms with Crippen LogP contribution in [-0.2, 0) is 0 Å². The molecule has 0 aliphatic rings. The minimum atomic E-state index is 1.15. The highest BCUT2D eigenvalue weighted by Crippen LogP contribution is 2.46. The van der Waals surface area contributed by atoms with Crippen LogP contribution in [-0.4, -0.2) is 0 Å². The summed E-state index contributed by atoms with van der Waals surface area (Å²) in [5.41, 5.74) is 8.28. The molecule has 0 aliphatic heterocycles. The lowest BCUT2D eigenvalue weighted by atomic mass is 9.94. The summed E-state index contributed by atoms with van der Waals surface area (Å²) in [5.74, 6) is 0. The standard InChI is InChI=1S/C46H29NS2/c1-2-15-35-30(11-1)12-10-19-36(35)31-13-9-14-32(27-31)37-16-3-6-20-42(37)47(33-23-25-45-40(28-33)38-17-4-7-21-43(38)48-45)34-24-26-46-41(29-34)39-18-5-8-22-44(39)49-46/h1-29H. The molecule has 49 heavy (non-hydrogen) atoms. The molecular weight excluding hydrogens is 631 g/mol. The van der Waals surface area contributed by atoms with Crippen LogP contribution >= 0.6 is 22.7 Å². The second-order valence-corrected chi connectivity index (χ2v) is 14.7. The fourth-order valence-electron chi connectivity index (χ4n) is 7.38. The molecule has 0 bridgehead atoms. The molecular formula is C46H29NS2. The first-order valence-corrected chi connectivity index (χ1v) is 18.2. The van der Waals surface area contributed by atoms with Gasteiger partial charge in [-0.05, 0) is 88.1 Å². The van der Waals surface area contributed by atoms with Gasteiger partial charge in [0, 0.05) is 57.3 Å². The van der Waals surface area contributed by atoms with Gasteiger partial charge in [0.1, 0.15) is 0 Å². The van der Waals surface area contributed by atoms with Gasteiger partial charge in [-0.3, -0.25) is 0 Å². The van der Waals surface area contributed by atoms with Crippen molar-refractivity contribution in [3.8, 4) is 22.3 Å². The molecule has 0 radical (unpaired) electrons. The van der Waals surface area contributed by atoms with Gasteiger partial charge in [-0.1, -0.05) is 115 Å². The van der Waals surface area contributed by atoms with E-state index in [1.807, 2.05) is 22.7 Å². The third-order valence-electron chi connectivity index (χ3n) is 9.66. The van der Waals surface area contributed by atoms with Gasteiger partial charge in [0.05, 0.1) is 5.69 Å². The Labute approximate surface area is 292 Å². The van der Waals surface area contributed by atoms with E-state index in [9.17, 15) is 0 Å². The molecule has 0 N–H and O–H groups in total. The molecule has 0 fully saturated rings. The van der Waals surface area contributed by atoms with Crippen molar-refractivity contribution >= 4 is 90.9 Å². The summed E-state index contributed by atoms with van der Waals surface area (Å²) in [5, 5.41) is 7.72. The van der Waals surface area contributed by atoms with E-state index in [2.05, 4.69) is 181 Å². The van der Waals surface area contributed by atoms with Crippen molar-refractivity contribution < 1.29 is 0 Å². The van der Waals surface area contributed by atoms with E-state index in [0.29, 0.717) is 0 Å². The molecule has 8 aromatic carbocycles. The number of fused-ring (bicyclic) bond motifs is 7. The molecule has 2 aromatic heterocycles. The van der Waals surface area contributed by atoms with Crippen molar-refractivity contribution in [1.29, 1.82) is 0 Å². The Balaban J connectivity index is 1.20.